The molecule has 0 aliphatic carbocycles. The summed E-state index contributed by atoms with van der Waals surface area (Å²) in [7, 11) is 0.784. The van der Waals surface area contributed by atoms with Crippen LogP contribution < -0.4 is 0 Å². The summed E-state index contributed by atoms with van der Waals surface area (Å²) in [6.45, 7) is 0. The molecule has 0 radical (unpaired) electrons. The van der Waals surface area contributed by atoms with Gasteiger partial charge < -0.3 is 4.74 Å². The second-order valence-electron chi connectivity index (χ2n) is 3.51. The third-order valence-corrected chi connectivity index (χ3v) is 3.05. The lowest BCUT2D eigenvalue weighted by Crippen LogP contribution is -2.16. The molecule has 0 heterocycles. The van der Waals surface area contributed by atoms with Crippen molar-refractivity contribution in [2.75, 3.05) is 7.11 Å². The van der Waals surface area contributed by atoms with E-state index in [4.69, 9.17) is 5.26 Å². The van der Waals surface area contributed by atoms with Gasteiger partial charge in [0.05, 0.1) is 23.8 Å². The number of esters is 1. The lowest BCUT2D eigenvalue weighted by Gasteiger charge is -2.17. The number of halogens is 6. The maximum Gasteiger partial charge on any atom is 0.446 e. The Morgan fingerprint density at radius 3 is 2.19 bits per heavy atom. The van der Waals surface area contributed by atoms with E-state index in [1.807, 2.05) is 0 Å². The van der Waals surface area contributed by atoms with Crippen LogP contribution in [0.5, 0.6) is 0 Å². The van der Waals surface area contributed by atoms with Gasteiger partial charge in [-0.3, -0.25) is 0 Å². The van der Waals surface area contributed by atoms with Crippen molar-refractivity contribution < 1.29 is 35.9 Å². The number of carbonyl (C=O) groups excluding carboxylic acids is 1. The Balaban J connectivity index is 3.72. The average Bonchev–Trinajstić information content (AvgIpc) is 2.33. The van der Waals surface area contributed by atoms with Gasteiger partial charge in [0.2, 0.25) is 0 Å². The molecule has 1 rings (SSSR count). The average molecular weight is 329 g/mol. The Morgan fingerprint density at radius 2 is 1.81 bits per heavy atom. The van der Waals surface area contributed by atoms with Crippen molar-refractivity contribution in [1.82, 2.24) is 0 Å². The van der Waals surface area contributed by atoms with Gasteiger partial charge in [-0.2, -0.15) is 31.6 Å². The zero-order valence-corrected chi connectivity index (χ0v) is 10.9. The zero-order chi connectivity index (χ0) is 16.4. The van der Waals surface area contributed by atoms with E-state index in [-0.39, 0.29) is 0 Å². The number of nitrogens with zero attached hydrogens (tertiary/aromatic N) is 1. The summed E-state index contributed by atoms with van der Waals surface area (Å²) in [4.78, 5) is 10.1. The molecule has 1 aromatic carbocycles. The lowest BCUT2D eigenvalue weighted by atomic mass is 10.0. The van der Waals surface area contributed by atoms with E-state index in [9.17, 15) is 31.1 Å². The number of alkyl halides is 6. The van der Waals surface area contributed by atoms with Crippen molar-refractivity contribution in [2.45, 2.75) is 16.6 Å². The van der Waals surface area contributed by atoms with Crippen LogP contribution >= 0.6 is 11.8 Å². The summed E-state index contributed by atoms with van der Waals surface area (Å²) in [5.74, 6) is -1.45. The smallest absolute Gasteiger partial charge is 0.446 e. The number of methoxy groups -OCH3 is 1. The van der Waals surface area contributed by atoms with Crippen LogP contribution in [0.2, 0.25) is 0 Å². The minimum Gasteiger partial charge on any atom is -0.465 e. The van der Waals surface area contributed by atoms with Gasteiger partial charge in [0, 0.05) is 4.90 Å². The molecule has 114 valence electrons. The van der Waals surface area contributed by atoms with Crippen molar-refractivity contribution in [2.24, 2.45) is 0 Å². The number of carbonyl (C=O) groups is 1. The number of rotatable bonds is 2. The largest absolute Gasteiger partial charge is 0.465 e. The number of ether oxygens (including phenoxy) is 1. The minimum absolute atomic E-state index is 0.319. The molecule has 0 atom stereocenters. The first kappa shape index (κ1) is 17.2. The highest BCUT2D eigenvalue weighted by atomic mass is 32.2. The zero-order valence-electron chi connectivity index (χ0n) is 10.1. The van der Waals surface area contributed by atoms with Gasteiger partial charge in [-0.15, -0.1) is 0 Å². The molecule has 0 saturated carbocycles. The molecule has 0 unspecified atom stereocenters. The fourth-order valence-electron chi connectivity index (χ4n) is 1.43. The van der Waals surface area contributed by atoms with Crippen LogP contribution in [0, 0.1) is 11.3 Å². The van der Waals surface area contributed by atoms with Crippen LogP contribution in [-0.2, 0) is 10.9 Å². The fourth-order valence-corrected chi connectivity index (χ4v) is 2.25. The Labute approximate surface area is 118 Å². The van der Waals surface area contributed by atoms with E-state index in [1.54, 1.807) is 0 Å². The Kier molecular flexibility index (Phi) is 4.78. The van der Waals surface area contributed by atoms with E-state index >= 15 is 0 Å². The molecule has 0 spiro atoms. The molecule has 10 heteroatoms. The number of nitriles is 1. The number of thioether (sulfide) groups is 1. The molecular weight excluding hydrogens is 324 g/mol. The van der Waals surface area contributed by atoms with Gasteiger partial charge in [0.25, 0.3) is 0 Å². The Hall–Kier alpha value is -1.89. The van der Waals surface area contributed by atoms with E-state index in [2.05, 4.69) is 4.74 Å². The van der Waals surface area contributed by atoms with Crippen molar-refractivity contribution >= 4 is 17.7 Å². The van der Waals surface area contributed by atoms with Gasteiger partial charge in [0.15, 0.2) is 0 Å². The molecule has 1 aromatic rings. The van der Waals surface area contributed by atoms with Gasteiger partial charge in [-0.05, 0) is 23.9 Å². The first-order valence-electron chi connectivity index (χ1n) is 4.99. The number of hydrogen-bond donors (Lipinski definition) is 0. The highest BCUT2D eigenvalue weighted by molar-refractivity contribution is 8.00. The molecule has 0 bridgehead atoms. The molecule has 3 nitrogen and oxygen atoms in total. The summed E-state index contributed by atoms with van der Waals surface area (Å²) in [6.07, 6.45) is -5.12. The summed E-state index contributed by atoms with van der Waals surface area (Å²) in [6, 6.07) is 2.31. The number of benzene rings is 1. The first-order valence-corrected chi connectivity index (χ1v) is 5.81. The fraction of sp³-hybridized carbons (Fsp3) is 0.273. The number of hydrogen-bond acceptors (Lipinski definition) is 4. The van der Waals surface area contributed by atoms with Gasteiger partial charge in [-0.1, -0.05) is 0 Å². The van der Waals surface area contributed by atoms with E-state index in [0.29, 0.717) is 12.1 Å². The third kappa shape index (κ3) is 4.04. The molecule has 21 heavy (non-hydrogen) atoms. The van der Waals surface area contributed by atoms with E-state index in [0.717, 1.165) is 7.11 Å². The minimum atomic E-state index is -5.12. The first-order chi connectivity index (χ1) is 9.51. The summed E-state index contributed by atoms with van der Waals surface area (Å²) < 4.78 is 79.9. The Bertz CT molecular complexity index is 602. The quantitative estimate of drug-likeness (QED) is 0.468. The molecule has 0 aromatic heterocycles. The maximum absolute atomic E-state index is 12.8. The normalized spacial score (nSPS) is 11.9. The van der Waals surface area contributed by atoms with Crippen LogP contribution in [0.1, 0.15) is 21.5 Å². The summed E-state index contributed by atoms with van der Waals surface area (Å²) in [5.41, 5.74) is -8.43. The molecule has 0 amide bonds. The van der Waals surface area contributed by atoms with E-state index < -0.39 is 51.0 Å². The Morgan fingerprint density at radius 1 is 1.24 bits per heavy atom. The molecule has 0 fully saturated rings. The highest BCUT2D eigenvalue weighted by Crippen LogP contribution is 2.46. The van der Waals surface area contributed by atoms with E-state index in [1.165, 1.54) is 6.07 Å². The van der Waals surface area contributed by atoms with Crippen LogP contribution in [-0.4, -0.2) is 18.6 Å². The van der Waals surface area contributed by atoms with Gasteiger partial charge in [0.1, 0.15) is 6.07 Å². The molecule has 0 aliphatic heterocycles. The highest BCUT2D eigenvalue weighted by Gasteiger charge is 2.41. The van der Waals surface area contributed by atoms with Crippen molar-refractivity contribution in [3.63, 3.8) is 0 Å². The summed E-state index contributed by atoms with van der Waals surface area (Å²) >= 11 is -1.12. The topological polar surface area (TPSA) is 50.1 Å². The van der Waals surface area contributed by atoms with Crippen molar-refractivity contribution in [3.8, 4) is 6.07 Å². The molecule has 0 N–H and O–H groups in total. The van der Waals surface area contributed by atoms with Crippen LogP contribution in [0.3, 0.4) is 0 Å². The predicted molar refractivity (Wildman–Crippen MR) is 59.4 cm³/mol. The standard InChI is InChI=1S/C11H5F6NO2S/c1-20-9(19)7-5(4-18)2-3-6(10(12,13)14)8(7)21-11(15,16)17/h2-3H,1H3. The second kappa shape index (κ2) is 5.85. The predicted octanol–water partition coefficient (Wildman–Crippen LogP) is 3.98. The third-order valence-electron chi connectivity index (χ3n) is 2.19. The van der Waals surface area contributed by atoms with Gasteiger partial charge in [-0.25, -0.2) is 4.79 Å². The van der Waals surface area contributed by atoms with Crippen molar-refractivity contribution in [1.29, 1.82) is 5.26 Å². The summed E-state index contributed by atoms with van der Waals surface area (Å²) in [5, 5.41) is 8.75. The lowest BCUT2D eigenvalue weighted by molar-refractivity contribution is -0.139. The van der Waals surface area contributed by atoms with Crippen LogP contribution in [0.15, 0.2) is 17.0 Å². The van der Waals surface area contributed by atoms with Crippen LogP contribution in [0.25, 0.3) is 0 Å². The second-order valence-corrected chi connectivity index (χ2v) is 4.59. The van der Waals surface area contributed by atoms with Crippen molar-refractivity contribution in [3.05, 3.63) is 28.8 Å². The maximum atomic E-state index is 12.8. The monoisotopic (exact) mass is 329 g/mol. The van der Waals surface area contributed by atoms with Gasteiger partial charge >= 0.3 is 17.7 Å². The van der Waals surface area contributed by atoms with Crippen LogP contribution in [0.4, 0.5) is 26.3 Å². The SMILES string of the molecule is COC(=O)c1c(C#N)ccc(C(F)(F)F)c1SC(F)(F)F. The molecule has 0 aliphatic rings. The molecule has 0 saturated heterocycles. The molecular formula is C11H5F6NO2S.